The number of hydrogen-bond donors (Lipinski definition) is 4. The summed E-state index contributed by atoms with van der Waals surface area (Å²) in [6.45, 7) is 0.639. The standard InChI is InChI=1S/C24H28ClN5O4/c1-34-21-10-15(25)9-18-17(21)11-20(29-18)24(33)30-19(7-13-4-5-13)23(32)28-16(12-26)8-14-3-2-6-27-22(14)31/h9-11,13-14,16,19,29H,2-8H2,1H3,(H,27,31)(H,28,32)(H,30,33)/t14-,16?,19?/m0/s1. The predicted octanol–water partition coefficient (Wildman–Crippen LogP) is 2.65. The lowest BCUT2D eigenvalue weighted by Crippen LogP contribution is -2.50. The van der Waals surface area contributed by atoms with Gasteiger partial charge in [-0.25, -0.2) is 0 Å². The van der Waals surface area contributed by atoms with E-state index < -0.39 is 23.9 Å². The maximum absolute atomic E-state index is 13.1. The molecule has 0 spiro atoms. The molecule has 3 amide bonds. The van der Waals surface area contributed by atoms with E-state index in [0.29, 0.717) is 47.0 Å². The van der Waals surface area contributed by atoms with Crippen LogP contribution in [0.4, 0.5) is 0 Å². The minimum atomic E-state index is -0.806. The van der Waals surface area contributed by atoms with Crippen LogP contribution >= 0.6 is 11.6 Å². The number of benzene rings is 1. The molecule has 2 aromatic rings. The summed E-state index contributed by atoms with van der Waals surface area (Å²) in [5.74, 6) is -0.340. The Morgan fingerprint density at radius 3 is 2.71 bits per heavy atom. The maximum Gasteiger partial charge on any atom is 0.268 e. The van der Waals surface area contributed by atoms with Crippen molar-refractivity contribution in [2.75, 3.05) is 13.7 Å². The molecule has 2 fully saturated rings. The largest absolute Gasteiger partial charge is 0.496 e. The topological polar surface area (TPSA) is 136 Å². The highest BCUT2D eigenvalue weighted by Crippen LogP contribution is 2.34. The zero-order chi connectivity index (χ0) is 24.2. The Kier molecular flexibility index (Phi) is 7.27. The molecule has 1 aliphatic carbocycles. The molecule has 2 unspecified atom stereocenters. The van der Waals surface area contributed by atoms with E-state index in [9.17, 15) is 19.6 Å². The van der Waals surface area contributed by atoms with Crippen LogP contribution < -0.4 is 20.7 Å². The van der Waals surface area contributed by atoms with Gasteiger partial charge in [-0.1, -0.05) is 24.4 Å². The number of hydrogen-bond acceptors (Lipinski definition) is 5. The quantitative estimate of drug-likeness (QED) is 0.433. The molecule has 1 saturated heterocycles. The van der Waals surface area contributed by atoms with E-state index in [0.717, 1.165) is 19.3 Å². The van der Waals surface area contributed by atoms with Gasteiger partial charge in [-0.05, 0) is 49.8 Å². The molecule has 0 radical (unpaired) electrons. The number of fused-ring (bicyclic) bond motifs is 1. The normalized spacial score (nSPS) is 19.6. The van der Waals surface area contributed by atoms with Crippen LogP contribution in [0.3, 0.4) is 0 Å². The molecule has 180 valence electrons. The minimum absolute atomic E-state index is 0.0853. The summed E-state index contributed by atoms with van der Waals surface area (Å²) in [4.78, 5) is 41.2. The molecule has 4 rings (SSSR count). The summed E-state index contributed by atoms with van der Waals surface area (Å²) in [5, 5.41) is 19.1. The molecule has 10 heteroatoms. The van der Waals surface area contributed by atoms with Crippen molar-refractivity contribution in [1.82, 2.24) is 20.9 Å². The summed E-state index contributed by atoms with van der Waals surface area (Å²) in [6, 6.07) is 5.52. The maximum atomic E-state index is 13.1. The van der Waals surface area contributed by atoms with Gasteiger partial charge in [0.2, 0.25) is 11.8 Å². The van der Waals surface area contributed by atoms with Crippen molar-refractivity contribution in [2.45, 2.75) is 50.6 Å². The summed E-state index contributed by atoms with van der Waals surface area (Å²) in [7, 11) is 1.52. The Morgan fingerprint density at radius 1 is 1.24 bits per heavy atom. The number of aromatic amines is 1. The van der Waals surface area contributed by atoms with Crippen molar-refractivity contribution in [3.8, 4) is 11.8 Å². The molecule has 1 saturated carbocycles. The molecule has 2 aliphatic rings. The van der Waals surface area contributed by atoms with Gasteiger partial charge in [0.05, 0.1) is 18.7 Å². The number of nitriles is 1. The van der Waals surface area contributed by atoms with E-state index in [2.05, 4.69) is 27.0 Å². The number of rotatable bonds is 9. The number of aromatic nitrogens is 1. The first-order valence-corrected chi connectivity index (χ1v) is 11.9. The third-order valence-electron chi connectivity index (χ3n) is 6.41. The first-order valence-electron chi connectivity index (χ1n) is 11.5. The predicted molar refractivity (Wildman–Crippen MR) is 126 cm³/mol. The second-order valence-corrected chi connectivity index (χ2v) is 9.45. The molecule has 1 aromatic heterocycles. The number of ether oxygens (including phenoxy) is 1. The second-order valence-electron chi connectivity index (χ2n) is 9.01. The lowest BCUT2D eigenvalue weighted by atomic mass is 9.92. The fraction of sp³-hybridized carbons (Fsp3) is 0.500. The first kappa shape index (κ1) is 23.9. The number of carbonyl (C=O) groups excluding carboxylic acids is 3. The van der Waals surface area contributed by atoms with Crippen LogP contribution in [-0.2, 0) is 9.59 Å². The number of nitrogens with zero attached hydrogens (tertiary/aromatic N) is 1. The Bertz CT molecular complexity index is 1140. The second kappa shape index (κ2) is 10.3. The van der Waals surface area contributed by atoms with Gasteiger partial charge in [-0.15, -0.1) is 0 Å². The molecule has 3 atom stereocenters. The van der Waals surface area contributed by atoms with Crippen LogP contribution in [0, 0.1) is 23.2 Å². The number of H-pyrrole nitrogens is 1. The van der Waals surface area contributed by atoms with Gasteiger partial charge in [-0.2, -0.15) is 5.26 Å². The van der Waals surface area contributed by atoms with Crippen molar-refractivity contribution in [3.63, 3.8) is 0 Å². The zero-order valence-electron chi connectivity index (χ0n) is 18.9. The van der Waals surface area contributed by atoms with Crippen LogP contribution in [0.1, 0.15) is 49.0 Å². The van der Waals surface area contributed by atoms with Crippen LogP contribution in [0.2, 0.25) is 5.02 Å². The average Bonchev–Trinajstić information content (AvgIpc) is 3.54. The van der Waals surface area contributed by atoms with E-state index in [1.807, 2.05) is 0 Å². The highest BCUT2D eigenvalue weighted by Gasteiger charge is 2.33. The van der Waals surface area contributed by atoms with E-state index in [4.69, 9.17) is 16.3 Å². The fourth-order valence-corrected chi connectivity index (χ4v) is 4.59. The highest BCUT2D eigenvalue weighted by molar-refractivity contribution is 6.31. The molecule has 34 heavy (non-hydrogen) atoms. The fourth-order valence-electron chi connectivity index (χ4n) is 4.38. The van der Waals surface area contributed by atoms with Gasteiger partial charge in [-0.3, -0.25) is 14.4 Å². The summed E-state index contributed by atoms with van der Waals surface area (Å²) in [5.41, 5.74) is 0.924. The number of methoxy groups -OCH3 is 1. The minimum Gasteiger partial charge on any atom is -0.496 e. The zero-order valence-corrected chi connectivity index (χ0v) is 19.7. The number of halogens is 1. The molecule has 1 aliphatic heterocycles. The van der Waals surface area contributed by atoms with Crippen LogP contribution in [0.5, 0.6) is 5.75 Å². The number of amides is 3. The molecule has 2 heterocycles. The van der Waals surface area contributed by atoms with Crippen molar-refractivity contribution in [3.05, 3.63) is 28.9 Å². The lowest BCUT2D eigenvalue weighted by molar-refractivity contribution is -0.128. The van der Waals surface area contributed by atoms with Crippen molar-refractivity contribution < 1.29 is 19.1 Å². The third kappa shape index (κ3) is 5.62. The van der Waals surface area contributed by atoms with Gasteiger partial charge in [0.25, 0.3) is 5.91 Å². The van der Waals surface area contributed by atoms with Crippen LogP contribution in [0.25, 0.3) is 10.9 Å². The SMILES string of the molecule is COc1cc(Cl)cc2[nH]c(C(=O)NC(CC3CC3)C(=O)NC(C#N)C[C@@H]3CCCNC3=O)cc12. The van der Waals surface area contributed by atoms with Gasteiger partial charge in [0.1, 0.15) is 23.5 Å². The first-order chi connectivity index (χ1) is 16.4. The van der Waals surface area contributed by atoms with Crippen LogP contribution in [-0.4, -0.2) is 48.4 Å². The number of carbonyl (C=O) groups is 3. The van der Waals surface area contributed by atoms with Crippen molar-refractivity contribution >= 4 is 40.2 Å². The van der Waals surface area contributed by atoms with Crippen LogP contribution in [0.15, 0.2) is 18.2 Å². The monoisotopic (exact) mass is 485 g/mol. The molecular weight excluding hydrogens is 458 g/mol. The molecule has 9 nitrogen and oxygen atoms in total. The molecular formula is C24H28ClN5O4. The molecule has 1 aromatic carbocycles. The Morgan fingerprint density at radius 2 is 2.03 bits per heavy atom. The van der Waals surface area contributed by atoms with E-state index >= 15 is 0 Å². The van der Waals surface area contributed by atoms with E-state index in [-0.39, 0.29) is 23.9 Å². The number of piperidine rings is 1. The smallest absolute Gasteiger partial charge is 0.268 e. The Hall–Kier alpha value is -3.25. The highest BCUT2D eigenvalue weighted by atomic mass is 35.5. The van der Waals surface area contributed by atoms with Gasteiger partial charge in [0.15, 0.2) is 0 Å². The lowest BCUT2D eigenvalue weighted by Gasteiger charge is -2.25. The average molecular weight is 486 g/mol. The van der Waals surface area contributed by atoms with Gasteiger partial charge >= 0.3 is 0 Å². The number of nitrogens with one attached hydrogen (secondary N) is 4. The summed E-state index contributed by atoms with van der Waals surface area (Å²) >= 11 is 6.12. The summed E-state index contributed by atoms with van der Waals surface area (Å²) < 4.78 is 5.35. The van der Waals surface area contributed by atoms with Gasteiger partial charge < -0.3 is 25.7 Å². The third-order valence-corrected chi connectivity index (χ3v) is 6.63. The Balaban J connectivity index is 1.45. The molecule has 4 N–H and O–H groups in total. The Labute approximate surface area is 202 Å². The van der Waals surface area contributed by atoms with Gasteiger partial charge in [0, 0.05) is 22.9 Å². The molecule has 0 bridgehead atoms. The van der Waals surface area contributed by atoms with Crippen molar-refractivity contribution in [1.29, 1.82) is 5.26 Å². The summed E-state index contributed by atoms with van der Waals surface area (Å²) in [6.07, 6.45) is 4.30. The van der Waals surface area contributed by atoms with E-state index in [1.165, 1.54) is 7.11 Å². The van der Waals surface area contributed by atoms with E-state index in [1.54, 1.807) is 18.2 Å². The van der Waals surface area contributed by atoms with Crippen molar-refractivity contribution in [2.24, 2.45) is 11.8 Å².